The Balaban J connectivity index is 1.20. The highest BCUT2D eigenvalue weighted by Crippen LogP contribution is 2.37. The van der Waals surface area contributed by atoms with Gasteiger partial charge in [0.1, 0.15) is 12.4 Å². The molecular weight excluding hydrogens is 689 g/mol. The number of aromatic nitrogens is 7. The molecule has 2 aromatic carbocycles. The summed E-state index contributed by atoms with van der Waals surface area (Å²) in [5.74, 6) is -1.63. The summed E-state index contributed by atoms with van der Waals surface area (Å²) in [5, 5.41) is 15.6. The Morgan fingerprint density at radius 3 is 2.63 bits per heavy atom. The smallest absolute Gasteiger partial charge is 0.247 e. The van der Waals surface area contributed by atoms with Gasteiger partial charge in [0.15, 0.2) is 17.4 Å². The van der Waals surface area contributed by atoms with Crippen LogP contribution in [0.1, 0.15) is 45.7 Å². The van der Waals surface area contributed by atoms with Crippen molar-refractivity contribution in [2.24, 2.45) is 0 Å². The van der Waals surface area contributed by atoms with Crippen LogP contribution < -0.4 is 0 Å². The largest absolute Gasteiger partial charge is 0.379 e. The molecule has 5 aromatic rings. The number of Topliss-reactive ketones (excluding diaryl/α,β-unsaturated/α-hetero) is 2. The number of hydrogen-bond donors (Lipinski definition) is 0. The fourth-order valence-electron chi connectivity index (χ4n) is 6.67. The third kappa shape index (κ3) is 7.45. The van der Waals surface area contributed by atoms with Gasteiger partial charge < -0.3 is 9.64 Å². The van der Waals surface area contributed by atoms with Crippen LogP contribution in [0, 0.1) is 5.82 Å². The zero-order chi connectivity index (χ0) is 36.2. The fourth-order valence-corrected chi connectivity index (χ4v) is 6.83. The number of pyridine rings is 1. The average molecular weight is 724 g/mol. The Kier molecular flexibility index (Phi) is 10.4. The average Bonchev–Trinajstić information content (AvgIpc) is 3.88. The number of fused-ring (bicyclic) bond motifs is 1. The van der Waals surface area contributed by atoms with E-state index in [1.54, 1.807) is 18.2 Å². The van der Waals surface area contributed by atoms with Crippen molar-refractivity contribution in [3.63, 3.8) is 0 Å². The van der Waals surface area contributed by atoms with Gasteiger partial charge in [0, 0.05) is 67.0 Å². The lowest BCUT2D eigenvalue weighted by Gasteiger charge is -2.37. The summed E-state index contributed by atoms with van der Waals surface area (Å²) in [4.78, 5) is 48.3. The lowest BCUT2D eigenvalue weighted by Crippen LogP contribution is -2.43. The molecule has 15 heteroatoms. The number of tetrazole rings is 1. The molecule has 52 heavy (non-hydrogen) atoms. The number of ketones is 2. The Morgan fingerprint density at radius 2 is 1.88 bits per heavy atom. The lowest BCUT2D eigenvalue weighted by molar-refractivity contribution is -0.136. The summed E-state index contributed by atoms with van der Waals surface area (Å²) < 4.78 is 24.0. The van der Waals surface area contributed by atoms with Crippen molar-refractivity contribution in [1.82, 2.24) is 44.8 Å². The van der Waals surface area contributed by atoms with Gasteiger partial charge in [-0.3, -0.25) is 28.9 Å². The molecule has 0 saturated carbocycles. The number of carbonyl (C=O) groups is 3. The Bertz CT molecular complexity index is 2130. The number of morpholine rings is 1. The van der Waals surface area contributed by atoms with Crippen molar-refractivity contribution < 1.29 is 23.5 Å². The van der Waals surface area contributed by atoms with Gasteiger partial charge in [-0.2, -0.15) is 9.78 Å². The van der Waals surface area contributed by atoms with Crippen LogP contribution in [0.4, 0.5) is 4.39 Å². The maximum Gasteiger partial charge on any atom is 0.247 e. The normalized spacial score (nSPS) is 16.3. The summed E-state index contributed by atoms with van der Waals surface area (Å²) in [6.45, 7) is 6.51. The van der Waals surface area contributed by atoms with Crippen molar-refractivity contribution >= 4 is 35.2 Å². The van der Waals surface area contributed by atoms with Gasteiger partial charge in [0.05, 0.1) is 43.1 Å². The quantitative estimate of drug-likeness (QED) is 0.144. The van der Waals surface area contributed by atoms with Crippen molar-refractivity contribution in [2.45, 2.75) is 32.4 Å². The van der Waals surface area contributed by atoms with Gasteiger partial charge in [-0.15, -0.1) is 5.10 Å². The van der Waals surface area contributed by atoms with E-state index in [1.165, 1.54) is 47.2 Å². The third-order valence-corrected chi connectivity index (χ3v) is 9.68. The molecule has 7 rings (SSSR count). The van der Waals surface area contributed by atoms with E-state index in [4.69, 9.17) is 16.3 Å². The van der Waals surface area contributed by atoms with Crippen LogP contribution in [-0.4, -0.2) is 102 Å². The second kappa shape index (κ2) is 15.4. The molecule has 1 saturated heterocycles. The van der Waals surface area contributed by atoms with E-state index in [0.717, 1.165) is 56.1 Å². The molecule has 5 heterocycles. The van der Waals surface area contributed by atoms with E-state index >= 15 is 4.39 Å². The Morgan fingerprint density at radius 1 is 1.04 bits per heavy atom. The van der Waals surface area contributed by atoms with Crippen LogP contribution in [0.2, 0.25) is 5.02 Å². The SMILES string of the molecule is CC(=O)c1ccc(CC(=O)C2c3cccc(-c4cnn(CCN5CCOCC5)c4)c3CCN2C(=O)/C=C/c2c(-n3cnnn3)ccc(Cl)c2F)nc1. The van der Waals surface area contributed by atoms with Crippen LogP contribution in [-0.2, 0) is 33.7 Å². The first-order valence-corrected chi connectivity index (χ1v) is 17.3. The van der Waals surface area contributed by atoms with E-state index in [2.05, 4.69) is 30.5 Å². The molecule has 2 aliphatic rings. The first kappa shape index (κ1) is 35.0. The molecule has 0 aliphatic carbocycles. The van der Waals surface area contributed by atoms with Crippen LogP contribution >= 0.6 is 11.6 Å². The summed E-state index contributed by atoms with van der Waals surface area (Å²) in [6, 6.07) is 11.0. The molecule has 1 fully saturated rings. The highest BCUT2D eigenvalue weighted by molar-refractivity contribution is 6.31. The molecule has 1 atom stereocenters. The summed E-state index contributed by atoms with van der Waals surface area (Å²) in [5.41, 5.74) is 4.69. The minimum Gasteiger partial charge on any atom is -0.379 e. The molecule has 1 amide bonds. The third-order valence-electron chi connectivity index (χ3n) is 9.39. The maximum absolute atomic E-state index is 15.3. The highest BCUT2D eigenvalue weighted by atomic mass is 35.5. The number of amides is 1. The number of ether oxygens (including phenoxy) is 1. The zero-order valence-corrected chi connectivity index (χ0v) is 29.1. The number of hydrogen-bond acceptors (Lipinski definition) is 10. The minimum absolute atomic E-state index is 0.0103. The minimum atomic E-state index is -0.963. The number of nitrogens with zero attached hydrogens (tertiary/aromatic N) is 9. The van der Waals surface area contributed by atoms with Gasteiger partial charge in [0.25, 0.3) is 0 Å². The summed E-state index contributed by atoms with van der Waals surface area (Å²) in [6.07, 6.45) is 9.54. The van der Waals surface area contributed by atoms with E-state index in [9.17, 15) is 14.4 Å². The number of halogens is 2. The van der Waals surface area contributed by atoms with E-state index in [0.29, 0.717) is 23.2 Å². The van der Waals surface area contributed by atoms with Crippen molar-refractivity contribution in [3.05, 3.63) is 112 Å². The van der Waals surface area contributed by atoms with E-state index < -0.39 is 17.8 Å². The molecule has 0 spiro atoms. The number of carbonyl (C=O) groups excluding carboxylic acids is 3. The molecule has 2 aliphatic heterocycles. The highest BCUT2D eigenvalue weighted by Gasteiger charge is 2.36. The maximum atomic E-state index is 15.3. The van der Waals surface area contributed by atoms with Gasteiger partial charge >= 0.3 is 0 Å². The van der Waals surface area contributed by atoms with Crippen LogP contribution in [0.3, 0.4) is 0 Å². The molecular formula is C37H35ClFN9O4. The van der Waals surface area contributed by atoms with Crippen LogP contribution in [0.25, 0.3) is 22.9 Å². The first-order chi connectivity index (χ1) is 25.3. The Labute approximate surface area is 303 Å². The van der Waals surface area contributed by atoms with Gasteiger partial charge in [-0.05, 0) is 70.8 Å². The first-order valence-electron chi connectivity index (χ1n) is 16.9. The number of rotatable bonds is 11. The molecule has 13 nitrogen and oxygen atoms in total. The Hall–Kier alpha value is -5.44. The molecule has 0 N–H and O–H groups in total. The second-order valence-electron chi connectivity index (χ2n) is 12.6. The summed E-state index contributed by atoms with van der Waals surface area (Å²) >= 11 is 6.11. The summed E-state index contributed by atoms with van der Waals surface area (Å²) in [7, 11) is 0. The molecule has 0 bridgehead atoms. The van der Waals surface area contributed by atoms with Gasteiger partial charge in [0.2, 0.25) is 5.91 Å². The topological polar surface area (TPSA) is 141 Å². The predicted molar refractivity (Wildman–Crippen MR) is 189 cm³/mol. The van der Waals surface area contributed by atoms with Crippen LogP contribution in [0.5, 0.6) is 0 Å². The van der Waals surface area contributed by atoms with Crippen molar-refractivity contribution in [2.75, 3.05) is 39.4 Å². The fraction of sp³-hybridized carbons (Fsp3) is 0.297. The molecule has 3 aromatic heterocycles. The van der Waals surface area contributed by atoms with Crippen molar-refractivity contribution in [3.8, 4) is 16.8 Å². The zero-order valence-electron chi connectivity index (χ0n) is 28.4. The van der Waals surface area contributed by atoms with Gasteiger partial charge in [-0.1, -0.05) is 29.8 Å². The van der Waals surface area contributed by atoms with E-state index in [1.807, 2.05) is 35.3 Å². The monoisotopic (exact) mass is 723 g/mol. The van der Waals surface area contributed by atoms with Gasteiger partial charge in [-0.25, -0.2) is 4.39 Å². The predicted octanol–water partition coefficient (Wildman–Crippen LogP) is 4.20. The number of benzene rings is 2. The van der Waals surface area contributed by atoms with Crippen molar-refractivity contribution in [1.29, 1.82) is 0 Å². The standard InChI is InChI=1S/C37H35ClFN9O4/c1-24(49)25-5-6-27(40-20-25)19-34(50)37-30-4-2-3-28(26-21-42-46(22-26)14-13-45-15-17-52-18-16-45)29(30)11-12-47(37)35(51)10-7-31-33(48-23-41-43-44-48)9-8-32(38)36(31)39/h2-10,20-23,37H,11-19H2,1H3/b10-7+. The molecule has 266 valence electrons. The second-order valence-corrected chi connectivity index (χ2v) is 13.0. The molecule has 0 radical (unpaired) electrons. The van der Waals surface area contributed by atoms with E-state index in [-0.39, 0.29) is 40.8 Å². The van der Waals surface area contributed by atoms with Crippen LogP contribution in [0.15, 0.2) is 73.5 Å². The molecule has 1 unspecified atom stereocenters. The lowest BCUT2D eigenvalue weighted by atomic mass is 9.84.